The first kappa shape index (κ1) is 23.9. The van der Waals surface area contributed by atoms with E-state index in [-0.39, 0.29) is 30.1 Å². The molecule has 0 saturated carbocycles. The van der Waals surface area contributed by atoms with Crippen molar-refractivity contribution in [3.05, 3.63) is 30.1 Å². The average Bonchev–Trinajstić information content (AvgIpc) is 2.77. The lowest BCUT2D eigenvalue weighted by molar-refractivity contribution is 0.0126. The van der Waals surface area contributed by atoms with Gasteiger partial charge < -0.3 is 15.0 Å². The number of carbonyl (C=O) groups excluding carboxylic acids is 1. The molecule has 0 bridgehead atoms. The molecule has 0 aromatic heterocycles. The van der Waals surface area contributed by atoms with E-state index in [1.165, 1.54) is 16.4 Å². The van der Waals surface area contributed by atoms with E-state index in [0.717, 1.165) is 31.6 Å². The van der Waals surface area contributed by atoms with Gasteiger partial charge >= 0.3 is 6.03 Å². The molecule has 1 aromatic rings. The summed E-state index contributed by atoms with van der Waals surface area (Å²) in [7, 11) is -3.69. The zero-order valence-corrected chi connectivity index (χ0v) is 19.1. The minimum Gasteiger partial charge on any atom is -0.379 e. The van der Waals surface area contributed by atoms with Crippen molar-refractivity contribution < 1.29 is 22.3 Å². The van der Waals surface area contributed by atoms with Crippen LogP contribution in [0, 0.1) is 11.7 Å². The van der Waals surface area contributed by atoms with E-state index in [1.807, 2.05) is 0 Å². The number of morpholine rings is 1. The summed E-state index contributed by atoms with van der Waals surface area (Å²) < 4.78 is 45.4. The Morgan fingerprint density at radius 1 is 1.06 bits per heavy atom. The van der Waals surface area contributed by atoms with E-state index in [1.54, 1.807) is 4.90 Å². The first-order valence-corrected chi connectivity index (χ1v) is 12.3. The van der Waals surface area contributed by atoms with Crippen LogP contribution in [0.5, 0.6) is 0 Å². The summed E-state index contributed by atoms with van der Waals surface area (Å²) in [5.41, 5.74) is 0. The van der Waals surface area contributed by atoms with Gasteiger partial charge in [-0.25, -0.2) is 17.6 Å². The van der Waals surface area contributed by atoms with Crippen LogP contribution >= 0.6 is 0 Å². The number of urea groups is 1. The van der Waals surface area contributed by atoms with E-state index < -0.39 is 15.8 Å². The van der Waals surface area contributed by atoms with E-state index >= 15 is 0 Å². The largest absolute Gasteiger partial charge is 0.379 e. The second-order valence-electron chi connectivity index (χ2n) is 8.46. The summed E-state index contributed by atoms with van der Waals surface area (Å²) >= 11 is 0. The third-order valence-corrected chi connectivity index (χ3v) is 7.68. The summed E-state index contributed by atoms with van der Waals surface area (Å²) in [6, 6.07) is 4.90. The fourth-order valence-electron chi connectivity index (χ4n) is 4.05. The van der Waals surface area contributed by atoms with Crippen LogP contribution < -0.4 is 5.32 Å². The van der Waals surface area contributed by atoms with Gasteiger partial charge in [-0.1, -0.05) is 13.8 Å². The van der Waals surface area contributed by atoms with E-state index in [2.05, 4.69) is 24.1 Å². The van der Waals surface area contributed by atoms with Gasteiger partial charge in [-0.2, -0.15) is 4.31 Å². The molecule has 1 atom stereocenters. The van der Waals surface area contributed by atoms with Crippen LogP contribution in [0.25, 0.3) is 0 Å². The van der Waals surface area contributed by atoms with Crippen molar-refractivity contribution in [2.45, 2.75) is 31.2 Å². The molecule has 0 spiro atoms. The van der Waals surface area contributed by atoms with Crippen LogP contribution in [0.3, 0.4) is 0 Å². The highest BCUT2D eigenvalue weighted by Crippen LogP contribution is 2.18. The summed E-state index contributed by atoms with van der Waals surface area (Å²) in [6.07, 6.45) is 0.990. The molecule has 1 unspecified atom stereocenters. The van der Waals surface area contributed by atoms with Gasteiger partial charge in [0.25, 0.3) is 0 Å². The number of sulfonamides is 1. The first-order chi connectivity index (χ1) is 14.8. The fourth-order valence-corrected chi connectivity index (χ4v) is 5.47. The number of carbonyl (C=O) groups is 1. The zero-order valence-electron chi connectivity index (χ0n) is 18.3. The second-order valence-corrected chi connectivity index (χ2v) is 10.4. The number of hydrogen-bond acceptors (Lipinski definition) is 5. The molecular weight excluding hydrogens is 423 g/mol. The second kappa shape index (κ2) is 10.7. The molecule has 2 amide bonds. The van der Waals surface area contributed by atoms with Gasteiger partial charge in [-0.15, -0.1) is 0 Å². The summed E-state index contributed by atoms with van der Waals surface area (Å²) in [5.74, 6) is 0.0400. The molecule has 2 fully saturated rings. The van der Waals surface area contributed by atoms with Gasteiger partial charge in [0, 0.05) is 51.9 Å². The summed E-state index contributed by atoms with van der Waals surface area (Å²) in [4.78, 5) is 16.8. The van der Waals surface area contributed by atoms with E-state index in [4.69, 9.17) is 4.74 Å². The molecular formula is C21H33FN4O4S. The molecule has 3 rings (SSSR count). The van der Waals surface area contributed by atoms with Crippen molar-refractivity contribution in [2.75, 3.05) is 59.0 Å². The highest BCUT2D eigenvalue weighted by molar-refractivity contribution is 7.89. The number of hydrogen-bond donors (Lipinski definition) is 1. The maximum absolute atomic E-state index is 13.1. The maximum atomic E-state index is 13.1. The first-order valence-electron chi connectivity index (χ1n) is 10.9. The molecule has 2 heterocycles. The minimum absolute atomic E-state index is 0.0637. The Bertz CT molecular complexity index is 820. The molecule has 1 N–H and O–H groups in total. The maximum Gasteiger partial charge on any atom is 0.317 e. The van der Waals surface area contributed by atoms with Crippen molar-refractivity contribution in [1.82, 2.24) is 19.4 Å². The van der Waals surface area contributed by atoms with Gasteiger partial charge in [0.15, 0.2) is 0 Å². The Balaban J connectivity index is 1.51. The van der Waals surface area contributed by atoms with Crippen LogP contribution in [0.4, 0.5) is 9.18 Å². The number of ether oxygens (including phenoxy) is 1. The highest BCUT2D eigenvalue weighted by Gasteiger charge is 2.30. The van der Waals surface area contributed by atoms with Gasteiger partial charge in [0.2, 0.25) is 10.0 Å². The molecule has 31 heavy (non-hydrogen) atoms. The predicted octanol–water partition coefficient (Wildman–Crippen LogP) is 1.59. The number of halogens is 1. The number of nitrogens with one attached hydrogen (secondary N) is 1. The Hall–Kier alpha value is -1.75. The monoisotopic (exact) mass is 456 g/mol. The Morgan fingerprint density at radius 3 is 2.26 bits per heavy atom. The Labute approximate surface area is 184 Å². The van der Waals surface area contributed by atoms with Crippen LogP contribution in [0.1, 0.15) is 20.3 Å². The molecule has 8 nitrogen and oxygen atoms in total. The Morgan fingerprint density at radius 2 is 1.68 bits per heavy atom. The van der Waals surface area contributed by atoms with Crippen LogP contribution in [-0.4, -0.2) is 93.6 Å². The lowest BCUT2D eigenvalue weighted by atomic mass is 10.0. The lowest BCUT2D eigenvalue weighted by Gasteiger charge is -2.37. The van der Waals surface area contributed by atoms with E-state index in [0.29, 0.717) is 38.8 Å². The third-order valence-electron chi connectivity index (χ3n) is 5.77. The SMILES string of the molecule is CC(C)CC(CNC(=O)N1CCN(S(=O)(=O)c2ccc(F)cc2)CC1)N1CCOCC1. The molecule has 0 aliphatic carbocycles. The van der Waals surface area contributed by atoms with Crippen molar-refractivity contribution in [2.24, 2.45) is 5.92 Å². The van der Waals surface area contributed by atoms with Gasteiger partial charge in [-0.3, -0.25) is 4.90 Å². The zero-order chi connectivity index (χ0) is 22.4. The van der Waals surface area contributed by atoms with Crippen molar-refractivity contribution in [3.63, 3.8) is 0 Å². The molecule has 10 heteroatoms. The normalized spacial score (nSPS) is 20.1. The number of nitrogens with zero attached hydrogens (tertiary/aromatic N) is 3. The van der Waals surface area contributed by atoms with Crippen LogP contribution in [0.15, 0.2) is 29.2 Å². The standard InChI is InChI=1S/C21H33FN4O4S/c1-17(2)15-19(24-11-13-30-14-12-24)16-23-21(27)25-7-9-26(10-8-25)31(28,29)20-5-3-18(22)4-6-20/h3-6,17,19H,7-16H2,1-2H3,(H,23,27). The van der Waals surface area contributed by atoms with Gasteiger partial charge in [-0.05, 0) is 36.6 Å². The number of rotatable bonds is 7. The minimum atomic E-state index is -3.69. The van der Waals surface area contributed by atoms with Crippen molar-refractivity contribution >= 4 is 16.1 Å². The highest BCUT2D eigenvalue weighted by atomic mass is 32.2. The van der Waals surface area contributed by atoms with E-state index in [9.17, 15) is 17.6 Å². The topological polar surface area (TPSA) is 82.2 Å². The average molecular weight is 457 g/mol. The third kappa shape index (κ3) is 6.38. The quantitative estimate of drug-likeness (QED) is 0.674. The lowest BCUT2D eigenvalue weighted by Crippen LogP contribution is -2.55. The number of benzene rings is 1. The van der Waals surface area contributed by atoms with Crippen LogP contribution in [-0.2, 0) is 14.8 Å². The molecule has 174 valence electrons. The summed E-state index contributed by atoms with van der Waals surface area (Å²) in [5, 5.41) is 3.04. The van der Waals surface area contributed by atoms with Crippen molar-refractivity contribution in [1.29, 1.82) is 0 Å². The van der Waals surface area contributed by atoms with Gasteiger partial charge in [0.05, 0.1) is 18.1 Å². The predicted molar refractivity (Wildman–Crippen MR) is 116 cm³/mol. The number of amides is 2. The van der Waals surface area contributed by atoms with Crippen LogP contribution in [0.2, 0.25) is 0 Å². The molecule has 2 aliphatic heterocycles. The molecule has 0 radical (unpaired) electrons. The molecule has 1 aromatic carbocycles. The van der Waals surface area contributed by atoms with Crippen molar-refractivity contribution in [3.8, 4) is 0 Å². The van der Waals surface area contributed by atoms with Gasteiger partial charge in [0.1, 0.15) is 5.82 Å². The summed E-state index contributed by atoms with van der Waals surface area (Å²) in [6.45, 7) is 9.15. The fraction of sp³-hybridized carbons (Fsp3) is 0.667. The Kier molecular flexibility index (Phi) is 8.26. The molecule has 2 aliphatic rings. The number of piperazine rings is 1. The molecule has 2 saturated heterocycles. The smallest absolute Gasteiger partial charge is 0.317 e.